The normalized spacial score (nSPS) is 10.9. The standard InChI is InChI=1S/C6H2Br2ClN3/c7-4-1-3(9)2-12-5(4)10-6(8)11-12/h1-2H. The first kappa shape index (κ1) is 8.47. The van der Waals surface area contributed by atoms with Gasteiger partial charge >= 0.3 is 0 Å². The van der Waals surface area contributed by atoms with Crippen LogP contribution in [-0.2, 0) is 0 Å². The van der Waals surface area contributed by atoms with Gasteiger partial charge in [0.15, 0.2) is 5.65 Å². The summed E-state index contributed by atoms with van der Waals surface area (Å²) in [7, 11) is 0. The van der Waals surface area contributed by atoms with Crippen molar-refractivity contribution in [3.8, 4) is 0 Å². The van der Waals surface area contributed by atoms with Crippen LogP contribution in [-0.4, -0.2) is 14.6 Å². The van der Waals surface area contributed by atoms with Crippen LogP contribution in [0.1, 0.15) is 0 Å². The Kier molecular flexibility index (Phi) is 2.10. The molecule has 0 unspecified atom stereocenters. The average Bonchev–Trinajstić information content (AvgIpc) is 2.29. The monoisotopic (exact) mass is 309 g/mol. The fourth-order valence-electron chi connectivity index (χ4n) is 0.890. The van der Waals surface area contributed by atoms with E-state index in [0.717, 1.165) is 10.1 Å². The molecule has 12 heavy (non-hydrogen) atoms. The van der Waals surface area contributed by atoms with E-state index in [2.05, 4.69) is 41.9 Å². The Balaban J connectivity index is 2.88. The molecule has 0 bridgehead atoms. The second-order valence-electron chi connectivity index (χ2n) is 2.16. The zero-order valence-electron chi connectivity index (χ0n) is 5.63. The predicted octanol–water partition coefficient (Wildman–Crippen LogP) is 2.91. The highest BCUT2D eigenvalue weighted by Gasteiger charge is 2.05. The molecule has 0 atom stereocenters. The van der Waals surface area contributed by atoms with Crippen LogP contribution in [0, 0.1) is 0 Å². The van der Waals surface area contributed by atoms with Gasteiger partial charge in [0.25, 0.3) is 0 Å². The summed E-state index contributed by atoms with van der Waals surface area (Å²) in [6.45, 7) is 0. The fourth-order valence-corrected chi connectivity index (χ4v) is 2.08. The summed E-state index contributed by atoms with van der Waals surface area (Å²) >= 11 is 12.3. The van der Waals surface area contributed by atoms with E-state index in [1.54, 1.807) is 16.8 Å². The van der Waals surface area contributed by atoms with Gasteiger partial charge in [0.2, 0.25) is 4.73 Å². The molecule has 0 saturated heterocycles. The number of hydrogen-bond donors (Lipinski definition) is 0. The number of halogens is 3. The van der Waals surface area contributed by atoms with E-state index < -0.39 is 0 Å². The maximum atomic E-state index is 5.80. The van der Waals surface area contributed by atoms with Crippen LogP contribution in [0.3, 0.4) is 0 Å². The average molecular weight is 311 g/mol. The van der Waals surface area contributed by atoms with Gasteiger partial charge in [0.1, 0.15) is 0 Å². The Morgan fingerprint density at radius 1 is 1.42 bits per heavy atom. The molecule has 0 saturated carbocycles. The van der Waals surface area contributed by atoms with Gasteiger partial charge in [-0.15, -0.1) is 5.10 Å². The van der Waals surface area contributed by atoms with E-state index in [1.807, 2.05) is 0 Å². The van der Waals surface area contributed by atoms with Crippen molar-refractivity contribution in [1.29, 1.82) is 0 Å². The van der Waals surface area contributed by atoms with Crippen LogP contribution in [0.5, 0.6) is 0 Å². The molecule has 0 aromatic carbocycles. The third-order valence-electron chi connectivity index (χ3n) is 1.33. The van der Waals surface area contributed by atoms with E-state index in [9.17, 15) is 0 Å². The van der Waals surface area contributed by atoms with Gasteiger partial charge in [-0.05, 0) is 37.9 Å². The van der Waals surface area contributed by atoms with Crippen molar-refractivity contribution in [2.75, 3.05) is 0 Å². The summed E-state index contributed by atoms with van der Waals surface area (Å²) < 4.78 is 2.98. The lowest BCUT2D eigenvalue weighted by Crippen LogP contribution is -1.86. The molecule has 0 aliphatic heterocycles. The van der Waals surface area contributed by atoms with Gasteiger partial charge in [-0.1, -0.05) is 11.6 Å². The molecule has 3 nitrogen and oxygen atoms in total. The van der Waals surface area contributed by atoms with E-state index in [0.29, 0.717) is 9.76 Å². The molecule has 0 spiro atoms. The summed E-state index contributed by atoms with van der Waals surface area (Å²) in [4.78, 5) is 4.12. The van der Waals surface area contributed by atoms with Crippen LogP contribution in [0.15, 0.2) is 21.5 Å². The second-order valence-corrected chi connectivity index (χ2v) is 4.16. The van der Waals surface area contributed by atoms with E-state index in [-0.39, 0.29) is 0 Å². The van der Waals surface area contributed by atoms with Crippen LogP contribution < -0.4 is 0 Å². The van der Waals surface area contributed by atoms with Crippen molar-refractivity contribution >= 4 is 49.1 Å². The lowest BCUT2D eigenvalue weighted by molar-refractivity contribution is 0.944. The minimum Gasteiger partial charge on any atom is -0.217 e. The SMILES string of the molecule is Clc1cc(Br)c2nc(Br)nn2c1. The zero-order valence-corrected chi connectivity index (χ0v) is 9.56. The van der Waals surface area contributed by atoms with Crippen LogP contribution in [0.2, 0.25) is 5.02 Å². The van der Waals surface area contributed by atoms with Gasteiger partial charge in [0.05, 0.1) is 9.50 Å². The van der Waals surface area contributed by atoms with E-state index in [4.69, 9.17) is 11.6 Å². The summed E-state index contributed by atoms with van der Waals surface area (Å²) in [5.41, 5.74) is 0.742. The number of rotatable bonds is 0. The Hall–Kier alpha value is -0.130. The molecule has 2 rings (SSSR count). The minimum atomic E-state index is 0.547. The molecule has 0 amide bonds. The van der Waals surface area contributed by atoms with E-state index >= 15 is 0 Å². The van der Waals surface area contributed by atoms with E-state index in [1.165, 1.54) is 0 Å². The zero-order chi connectivity index (χ0) is 8.72. The second kappa shape index (κ2) is 2.97. The highest BCUT2D eigenvalue weighted by molar-refractivity contribution is 9.11. The summed E-state index contributed by atoms with van der Waals surface area (Å²) in [5, 5.41) is 4.66. The number of fused-ring (bicyclic) bond motifs is 1. The molecule has 0 N–H and O–H groups in total. The summed E-state index contributed by atoms with van der Waals surface area (Å²) in [5.74, 6) is 0. The van der Waals surface area contributed by atoms with Crippen molar-refractivity contribution < 1.29 is 0 Å². The van der Waals surface area contributed by atoms with Crippen LogP contribution in [0.25, 0.3) is 5.65 Å². The number of hydrogen-bond acceptors (Lipinski definition) is 2. The lowest BCUT2D eigenvalue weighted by Gasteiger charge is -1.94. The molecule has 0 fully saturated rings. The first-order chi connectivity index (χ1) is 5.66. The Morgan fingerprint density at radius 2 is 2.17 bits per heavy atom. The predicted molar refractivity (Wildman–Crippen MR) is 53.4 cm³/mol. The van der Waals surface area contributed by atoms with Crippen molar-refractivity contribution in [3.63, 3.8) is 0 Å². The van der Waals surface area contributed by atoms with Crippen molar-refractivity contribution in [3.05, 3.63) is 26.5 Å². The third kappa shape index (κ3) is 1.36. The smallest absolute Gasteiger partial charge is 0.217 e. The lowest BCUT2D eigenvalue weighted by atomic mass is 10.5. The number of aromatic nitrogens is 3. The first-order valence-corrected chi connectivity index (χ1v) is 5.00. The topological polar surface area (TPSA) is 30.2 Å². The molecule has 2 aromatic rings. The quantitative estimate of drug-likeness (QED) is 0.749. The summed E-state index contributed by atoms with van der Waals surface area (Å²) in [6.07, 6.45) is 1.69. The van der Waals surface area contributed by atoms with Gasteiger partial charge < -0.3 is 0 Å². The molecule has 2 heterocycles. The van der Waals surface area contributed by atoms with Gasteiger partial charge in [-0.25, -0.2) is 9.50 Å². The highest BCUT2D eigenvalue weighted by Crippen LogP contribution is 2.21. The fraction of sp³-hybridized carbons (Fsp3) is 0. The Bertz CT molecular complexity index is 440. The van der Waals surface area contributed by atoms with Gasteiger partial charge in [0, 0.05) is 6.20 Å². The van der Waals surface area contributed by atoms with Gasteiger partial charge in [-0.3, -0.25) is 0 Å². The van der Waals surface area contributed by atoms with Gasteiger partial charge in [-0.2, -0.15) is 0 Å². The van der Waals surface area contributed by atoms with Crippen molar-refractivity contribution in [2.45, 2.75) is 0 Å². The molecule has 0 radical (unpaired) electrons. The largest absolute Gasteiger partial charge is 0.218 e. The minimum absolute atomic E-state index is 0.547. The maximum absolute atomic E-state index is 5.80. The molecular weight excluding hydrogens is 309 g/mol. The first-order valence-electron chi connectivity index (χ1n) is 3.04. The number of nitrogens with zero attached hydrogens (tertiary/aromatic N) is 3. The Labute approximate surface area is 90.0 Å². The Morgan fingerprint density at radius 3 is 2.92 bits per heavy atom. The van der Waals surface area contributed by atoms with Crippen molar-refractivity contribution in [2.24, 2.45) is 0 Å². The molecule has 6 heteroatoms. The summed E-state index contributed by atoms with van der Waals surface area (Å²) in [6, 6.07) is 1.78. The van der Waals surface area contributed by atoms with Crippen molar-refractivity contribution in [1.82, 2.24) is 14.6 Å². The maximum Gasteiger partial charge on any atom is 0.218 e. The molecule has 62 valence electrons. The molecular formula is C6H2Br2ClN3. The molecule has 0 aliphatic rings. The highest BCUT2D eigenvalue weighted by atomic mass is 79.9. The third-order valence-corrected chi connectivity index (χ3v) is 2.46. The van der Waals surface area contributed by atoms with Crippen LogP contribution >= 0.6 is 43.5 Å². The molecule has 0 aliphatic carbocycles. The molecule has 2 aromatic heterocycles. The van der Waals surface area contributed by atoms with Crippen LogP contribution in [0.4, 0.5) is 0 Å². The number of pyridine rings is 1.